The Bertz CT molecular complexity index is 348. The summed E-state index contributed by atoms with van der Waals surface area (Å²) >= 11 is 0. The van der Waals surface area contributed by atoms with Gasteiger partial charge in [-0.25, -0.2) is 0 Å². The molecular formula is C12H18N2O3. The molecule has 1 saturated heterocycles. The number of likely N-dealkylation sites (tertiary alicyclic amines) is 1. The summed E-state index contributed by atoms with van der Waals surface area (Å²) in [6, 6.07) is 0. The SMILES string of the molecule is C#CCNC(=O)CN1CCC(CC)(C(=O)O)C1. The fourth-order valence-corrected chi connectivity index (χ4v) is 2.12. The van der Waals surface area contributed by atoms with E-state index in [0.717, 1.165) is 0 Å². The van der Waals surface area contributed by atoms with Crippen LogP contribution >= 0.6 is 0 Å². The molecule has 17 heavy (non-hydrogen) atoms. The number of terminal acetylenes is 1. The van der Waals surface area contributed by atoms with Crippen molar-refractivity contribution in [1.82, 2.24) is 10.2 Å². The van der Waals surface area contributed by atoms with Crippen LogP contribution in [0.3, 0.4) is 0 Å². The minimum absolute atomic E-state index is 0.153. The van der Waals surface area contributed by atoms with Crippen LogP contribution in [0.25, 0.3) is 0 Å². The number of amides is 1. The number of carboxylic acid groups (broad SMARTS) is 1. The molecular weight excluding hydrogens is 220 g/mol. The van der Waals surface area contributed by atoms with Gasteiger partial charge in [-0.3, -0.25) is 14.5 Å². The van der Waals surface area contributed by atoms with Gasteiger partial charge in [0.25, 0.3) is 0 Å². The van der Waals surface area contributed by atoms with Crippen molar-refractivity contribution in [1.29, 1.82) is 0 Å². The van der Waals surface area contributed by atoms with E-state index in [1.807, 2.05) is 11.8 Å². The number of aliphatic carboxylic acids is 1. The fourth-order valence-electron chi connectivity index (χ4n) is 2.12. The lowest BCUT2D eigenvalue weighted by Crippen LogP contribution is -2.39. The Morgan fingerprint density at radius 2 is 2.29 bits per heavy atom. The maximum atomic E-state index is 11.4. The average Bonchev–Trinajstić information content (AvgIpc) is 2.71. The van der Waals surface area contributed by atoms with Crippen LogP contribution in [0.4, 0.5) is 0 Å². The van der Waals surface area contributed by atoms with E-state index >= 15 is 0 Å². The summed E-state index contributed by atoms with van der Waals surface area (Å²) in [6.07, 6.45) is 6.22. The molecule has 0 aromatic carbocycles. The lowest BCUT2D eigenvalue weighted by molar-refractivity contribution is -0.148. The molecule has 0 radical (unpaired) electrons. The van der Waals surface area contributed by atoms with Crippen molar-refractivity contribution in [3.63, 3.8) is 0 Å². The van der Waals surface area contributed by atoms with E-state index < -0.39 is 11.4 Å². The third kappa shape index (κ3) is 3.21. The summed E-state index contributed by atoms with van der Waals surface area (Å²) in [5.74, 6) is 1.40. The third-order valence-corrected chi connectivity index (χ3v) is 3.32. The zero-order valence-corrected chi connectivity index (χ0v) is 10.0. The summed E-state index contributed by atoms with van der Waals surface area (Å²) < 4.78 is 0. The van der Waals surface area contributed by atoms with Gasteiger partial charge < -0.3 is 10.4 Å². The normalized spacial score (nSPS) is 24.2. The van der Waals surface area contributed by atoms with E-state index in [2.05, 4.69) is 11.2 Å². The van der Waals surface area contributed by atoms with Crippen LogP contribution in [0.2, 0.25) is 0 Å². The van der Waals surface area contributed by atoms with E-state index in [9.17, 15) is 14.7 Å². The molecule has 0 bridgehead atoms. The second-order valence-corrected chi connectivity index (χ2v) is 4.38. The third-order valence-electron chi connectivity index (χ3n) is 3.32. The first-order valence-corrected chi connectivity index (χ1v) is 5.70. The van der Waals surface area contributed by atoms with Gasteiger partial charge in [0.15, 0.2) is 0 Å². The van der Waals surface area contributed by atoms with Gasteiger partial charge in [-0.05, 0) is 19.4 Å². The van der Waals surface area contributed by atoms with E-state index in [1.165, 1.54) is 0 Å². The summed E-state index contributed by atoms with van der Waals surface area (Å²) in [5, 5.41) is 11.8. The van der Waals surface area contributed by atoms with Gasteiger partial charge in [0, 0.05) is 6.54 Å². The van der Waals surface area contributed by atoms with E-state index in [0.29, 0.717) is 25.9 Å². The standard InChI is InChI=1S/C12H18N2O3/c1-3-6-13-10(15)8-14-7-5-12(4-2,9-14)11(16)17/h1H,4-9H2,2H3,(H,13,15)(H,16,17). The highest BCUT2D eigenvalue weighted by molar-refractivity contribution is 5.79. The van der Waals surface area contributed by atoms with Crippen molar-refractivity contribution in [2.24, 2.45) is 5.41 Å². The summed E-state index contributed by atoms with van der Waals surface area (Å²) in [7, 11) is 0. The quantitative estimate of drug-likeness (QED) is 0.657. The molecule has 1 amide bonds. The Balaban J connectivity index is 2.48. The largest absolute Gasteiger partial charge is 0.481 e. The second-order valence-electron chi connectivity index (χ2n) is 4.38. The molecule has 1 rings (SSSR count). The maximum absolute atomic E-state index is 11.4. The fraction of sp³-hybridized carbons (Fsp3) is 0.667. The molecule has 0 aromatic rings. The smallest absolute Gasteiger partial charge is 0.310 e. The van der Waals surface area contributed by atoms with Crippen LogP contribution in [0.1, 0.15) is 19.8 Å². The summed E-state index contributed by atoms with van der Waals surface area (Å²) in [4.78, 5) is 24.5. The maximum Gasteiger partial charge on any atom is 0.310 e. The van der Waals surface area contributed by atoms with Gasteiger partial charge in [-0.15, -0.1) is 6.42 Å². The molecule has 0 saturated carbocycles. The number of carbonyl (C=O) groups is 2. The van der Waals surface area contributed by atoms with Gasteiger partial charge >= 0.3 is 5.97 Å². The van der Waals surface area contributed by atoms with Crippen LogP contribution in [-0.2, 0) is 9.59 Å². The van der Waals surface area contributed by atoms with Crippen LogP contribution in [0.5, 0.6) is 0 Å². The van der Waals surface area contributed by atoms with Gasteiger partial charge in [0.05, 0.1) is 18.5 Å². The molecule has 5 heteroatoms. The van der Waals surface area contributed by atoms with Gasteiger partial charge in [-0.1, -0.05) is 12.8 Å². The molecule has 1 fully saturated rings. The molecule has 1 heterocycles. The number of hydrogen-bond acceptors (Lipinski definition) is 3. The zero-order chi connectivity index (χ0) is 12.9. The Kier molecular flexibility index (Phi) is 4.53. The van der Waals surface area contributed by atoms with E-state index in [1.54, 1.807) is 0 Å². The lowest BCUT2D eigenvalue weighted by atomic mass is 9.84. The summed E-state index contributed by atoms with van der Waals surface area (Å²) in [6.45, 7) is 3.38. The molecule has 1 atom stereocenters. The van der Waals surface area contributed by atoms with Crippen molar-refractivity contribution < 1.29 is 14.7 Å². The molecule has 0 aromatic heterocycles. The van der Waals surface area contributed by atoms with Crippen molar-refractivity contribution in [3.8, 4) is 12.3 Å². The first-order chi connectivity index (χ1) is 8.04. The molecule has 0 aliphatic carbocycles. The molecule has 2 N–H and O–H groups in total. The molecule has 94 valence electrons. The highest BCUT2D eigenvalue weighted by Crippen LogP contribution is 2.33. The second kappa shape index (κ2) is 5.69. The van der Waals surface area contributed by atoms with Crippen molar-refractivity contribution >= 4 is 11.9 Å². The monoisotopic (exact) mass is 238 g/mol. The van der Waals surface area contributed by atoms with Crippen LogP contribution in [0.15, 0.2) is 0 Å². The summed E-state index contributed by atoms with van der Waals surface area (Å²) in [5.41, 5.74) is -0.688. The molecule has 1 aliphatic rings. The number of nitrogens with zero attached hydrogens (tertiary/aromatic N) is 1. The number of rotatable bonds is 5. The van der Waals surface area contributed by atoms with Crippen LogP contribution in [-0.4, -0.2) is 48.1 Å². The highest BCUT2D eigenvalue weighted by atomic mass is 16.4. The van der Waals surface area contributed by atoms with Gasteiger partial charge in [0.2, 0.25) is 5.91 Å². The molecule has 0 spiro atoms. The molecule has 1 unspecified atom stereocenters. The van der Waals surface area contributed by atoms with Crippen molar-refractivity contribution in [3.05, 3.63) is 0 Å². The van der Waals surface area contributed by atoms with Gasteiger partial charge in [-0.2, -0.15) is 0 Å². The molecule has 5 nitrogen and oxygen atoms in total. The lowest BCUT2D eigenvalue weighted by Gasteiger charge is -2.22. The van der Waals surface area contributed by atoms with Crippen LogP contribution in [0, 0.1) is 17.8 Å². The van der Waals surface area contributed by atoms with Crippen LogP contribution < -0.4 is 5.32 Å². The van der Waals surface area contributed by atoms with Gasteiger partial charge in [0.1, 0.15) is 0 Å². The topological polar surface area (TPSA) is 69.6 Å². The molecule has 1 aliphatic heterocycles. The predicted molar refractivity (Wildman–Crippen MR) is 63.3 cm³/mol. The average molecular weight is 238 g/mol. The minimum Gasteiger partial charge on any atom is -0.481 e. The van der Waals surface area contributed by atoms with Crippen molar-refractivity contribution in [2.45, 2.75) is 19.8 Å². The number of hydrogen-bond donors (Lipinski definition) is 2. The highest BCUT2D eigenvalue weighted by Gasteiger charge is 2.43. The number of nitrogens with one attached hydrogen (secondary N) is 1. The Morgan fingerprint density at radius 3 is 2.76 bits per heavy atom. The first kappa shape index (κ1) is 13.5. The predicted octanol–water partition coefficient (Wildman–Crippen LogP) is -0.0775. The zero-order valence-electron chi connectivity index (χ0n) is 10.0. The Hall–Kier alpha value is -1.54. The first-order valence-electron chi connectivity index (χ1n) is 5.70. The Morgan fingerprint density at radius 1 is 1.59 bits per heavy atom. The van der Waals surface area contributed by atoms with E-state index in [4.69, 9.17) is 6.42 Å². The Labute approximate surface area is 101 Å². The number of carboxylic acids is 1. The van der Waals surface area contributed by atoms with E-state index in [-0.39, 0.29) is 19.0 Å². The minimum atomic E-state index is -0.772. The van der Waals surface area contributed by atoms with Crippen molar-refractivity contribution in [2.75, 3.05) is 26.2 Å². The number of carbonyl (C=O) groups excluding carboxylic acids is 1.